The molecule has 2 aromatic carbocycles. The van der Waals surface area contributed by atoms with Crippen LogP contribution in [-0.2, 0) is 9.59 Å². The van der Waals surface area contributed by atoms with Gasteiger partial charge in [-0.05, 0) is 35.9 Å². The van der Waals surface area contributed by atoms with Crippen LogP contribution in [0.5, 0.6) is 17.2 Å². The number of Topliss-reactive ketones (excluding diaryl/α,β-unsaturated/α-hetero) is 1. The fourth-order valence-electron chi connectivity index (χ4n) is 3.84. The van der Waals surface area contributed by atoms with Gasteiger partial charge in [-0.1, -0.05) is 12.1 Å². The first-order valence-corrected chi connectivity index (χ1v) is 10.7. The fourth-order valence-corrected chi connectivity index (χ4v) is 4.50. The van der Waals surface area contributed by atoms with Gasteiger partial charge in [0, 0.05) is 17.1 Å². The third-order valence-corrected chi connectivity index (χ3v) is 6.07. The fraction of sp³-hybridized carbons (Fsp3) is 0.174. The predicted octanol–water partition coefficient (Wildman–Crippen LogP) is 3.55. The molecule has 0 aliphatic carbocycles. The van der Waals surface area contributed by atoms with Gasteiger partial charge < -0.3 is 19.3 Å². The zero-order valence-electron chi connectivity index (χ0n) is 17.0. The molecular weight excluding hydrogens is 432 g/mol. The Morgan fingerprint density at radius 3 is 2.72 bits per heavy atom. The van der Waals surface area contributed by atoms with Crippen molar-refractivity contribution in [1.82, 2.24) is 4.98 Å². The summed E-state index contributed by atoms with van der Waals surface area (Å²) in [6.45, 7) is 0.822. The van der Waals surface area contributed by atoms with Gasteiger partial charge in [-0.2, -0.15) is 0 Å². The van der Waals surface area contributed by atoms with E-state index in [4.69, 9.17) is 14.2 Å². The van der Waals surface area contributed by atoms with Crippen molar-refractivity contribution in [3.05, 3.63) is 70.7 Å². The van der Waals surface area contributed by atoms with Crippen LogP contribution in [0.3, 0.4) is 0 Å². The predicted molar refractivity (Wildman–Crippen MR) is 117 cm³/mol. The van der Waals surface area contributed by atoms with Crippen molar-refractivity contribution in [3.8, 4) is 17.2 Å². The molecule has 3 heterocycles. The molecule has 0 radical (unpaired) electrons. The Balaban J connectivity index is 1.69. The normalized spacial score (nSPS) is 19.3. The highest BCUT2D eigenvalue weighted by atomic mass is 32.1. The number of methoxy groups -OCH3 is 1. The number of ketones is 1. The lowest BCUT2D eigenvalue weighted by Crippen LogP contribution is -2.29. The Kier molecular flexibility index (Phi) is 5.02. The van der Waals surface area contributed by atoms with Crippen molar-refractivity contribution in [2.75, 3.05) is 25.2 Å². The van der Waals surface area contributed by atoms with Gasteiger partial charge in [0.2, 0.25) is 0 Å². The van der Waals surface area contributed by atoms with Gasteiger partial charge >= 0.3 is 5.91 Å². The summed E-state index contributed by atoms with van der Waals surface area (Å²) in [6.07, 6.45) is 1.56. The molecule has 1 aromatic heterocycles. The largest absolute Gasteiger partial charge is 0.507 e. The zero-order valence-corrected chi connectivity index (χ0v) is 17.8. The SMILES string of the molecule is COc1cccc(C2/C(=C(\O)c3ccc4c(c3)OCCO4)C(=O)C(=O)N2c2nccs2)c1. The molecule has 0 spiro atoms. The van der Waals surface area contributed by atoms with Crippen LogP contribution in [0.25, 0.3) is 5.76 Å². The Hall–Kier alpha value is -3.85. The topological polar surface area (TPSA) is 98.2 Å². The number of aliphatic hydroxyl groups is 1. The monoisotopic (exact) mass is 450 g/mol. The molecule has 8 nitrogen and oxygen atoms in total. The van der Waals surface area contributed by atoms with Gasteiger partial charge in [0.05, 0.1) is 18.7 Å². The summed E-state index contributed by atoms with van der Waals surface area (Å²) in [4.78, 5) is 31.7. The van der Waals surface area contributed by atoms with E-state index in [9.17, 15) is 14.7 Å². The summed E-state index contributed by atoms with van der Waals surface area (Å²) in [5, 5.41) is 13.3. The first-order valence-electron chi connectivity index (χ1n) is 9.83. The number of rotatable bonds is 4. The number of benzene rings is 2. The van der Waals surface area contributed by atoms with E-state index in [1.807, 2.05) is 0 Å². The Bertz CT molecular complexity index is 1240. The van der Waals surface area contributed by atoms with Crippen molar-refractivity contribution in [3.63, 3.8) is 0 Å². The molecule has 1 unspecified atom stereocenters. The van der Waals surface area contributed by atoms with Crippen LogP contribution in [0.1, 0.15) is 17.2 Å². The van der Waals surface area contributed by atoms with Gasteiger partial charge in [-0.15, -0.1) is 11.3 Å². The average molecular weight is 450 g/mol. The molecule has 1 atom stereocenters. The minimum Gasteiger partial charge on any atom is -0.507 e. The van der Waals surface area contributed by atoms with Gasteiger partial charge in [0.25, 0.3) is 5.78 Å². The van der Waals surface area contributed by atoms with Crippen LogP contribution in [0.4, 0.5) is 5.13 Å². The Labute approximate surface area is 187 Å². The summed E-state index contributed by atoms with van der Waals surface area (Å²) >= 11 is 1.23. The summed E-state index contributed by atoms with van der Waals surface area (Å²) in [5.41, 5.74) is 0.923. The molecule has 2 aliphatic heterocycles. The molecule has 162 valence electrons. The molecule has 2 aliphatic rings. The first kappa shape index (κ1) is 20.1. The van der Waals surface area contributed by atoms with E-state index in [2.05, 4.69) is 4.98 Å². The third-order valence-electron chi connectivity index (χ3n) is 5.29. The van der Waals surface area contributed by atoms with Crippen molar-refractivity contribution in [2.24, 2.45) is 0 Å². The number of thiazole rings is 1. The van der Waals surface area contributed by atoms with Crippen molar-refractivity contribution in [1.29, 1.82) is 0 Å². The summed E-state index contributed by atoms with van der Waals surface area (Å²) in [6, 6.07) is 11.1. The van der Waals surface area contributed by atoms with E-state index < -0.39 is 17.7 Å². The molecule has 1 amide bonds. The van der Waals surface area contributed by atoms with Gasteiger partial charge in [0.1, 0.15) is 24.7 Å². The maximum absolute atomic E-state index is 13.1. The molecule has 0 bridgehead atoms. The van der Waals surface area contributed by atoms with Crippen LogP contribution in [-0.4, -0.2) is 42.1 Å². The maximum atomic E-state index is 13.1. The van der Waals surface area contributed by atoms with Gasteiger partial charge in [-0.3, -0.25) is 14.5 Å². The number of hydrogen-bond acceptors (Lipinski definition) is 8. The average Bonchev–Trinajstić information content (AvgIpc) is 3.45. The van der Waals surface area contributed by atoms with Gasteiger partial charge in [-0.25, -0.2) is 4.98 Å². The molecule has 32 heavy (non-hydrogen) atoms. The Morgan fingerprint density at radius 1 is 1.16 bits per heavy atom. The Morgan fingerprint density at radius 2 is 1.97 bits per heavy atom. The van der Waals surface area contributed by atoms with E-state index in [0.29, 0.717) is 46.7 Å². The maximum Gasteiger partial charge on any atom is 0.301 e. The molecule has 9 heteroatoms. The number of hydrogen-bond donors (Lipinski definition) is 1. The number of aliphatic hydroxyl groups excluding tert-OH is 1. The van der Waals surface area contributed by atoms with Crippen molar-refractivity contribution >= 4 is 33.9 Å². The number of carbonyl (C=O) groups is 2. The highest BCUT2D eigenvalue weighted by Gasteiger charge is 2.48. The lowest BCUT2D eigenvalue weighted by Gasteiger charge is -2.23. The number of carbonyl (C=O) groups excluding carboxylic acids is 2. The smallest absolute Gasteiger partial charge is 0.301 e. The zero-order chi connectivity index (χ0) is 22.2. The van der Waals surface area contributed by atoms with Crippen LogP contribution in [0, 0.1) is 0 Å². The first-order chi connectivity index (χ1) is 15.6. The summed E-state index contributed by atoms with van der Waals surface area (Å²) < 4.78 is 16.5. The van der Waals surface area contributed by atoms with Crippen LogP contribution >= 0.6 is 11.3 Å². The molecule has 0 saturated carbocycles. The number of amides is 1. The number of anilines is 1. The van der Waals surface area contributed by atoms with E-state index in [1.54, 1.807) is 54.0 Å². The van der Waals surface area contributed by atoms with Crippen LogP contribution in [0.15, 0.2) is 59.6 Å². The van der Waals surface area contributed by atoms with E-state index >= 15 is 0 Å². The third kappa shape index (κ3) is 3.27. The lowest BCUT2D eigenvalue weighted by molar-refractivity contribution is -0.132. The number of nitrogens with zero attached hydrogens (tertiary/aromatic N) is 2. The summed E-state index contributed by atoms with van der Waals surface area (Å²) in [7, 11) is 1.53. The highest BCUT2D eigenvalue weighted by Crippen LogP contribution is 2.44. The minimum absolute atomic E-state index is 0.0323. The molecule has 5 rings (SSSR count). The quantitative estimate of drug-likeness (QED) is 0.369. The molecule has 3 aromatic rings. The number of aromatic nitrogens is 1. The summed E-state index contributed by atoms with van der Waals surface area (Å²) in [5.74, 6) is -0.265. The van der Waals surface area contributed by atoms with E-state index in [-0.39, 0.29) is 11.3 Å². The lowest BCUT2D eigenvalue weighted by atomic mass is 9.95. The molecular formula is C23H18N2O6S. The number of fused-ring (bicyclic) bond motifs is 1. The highest BCUT2D eigenvalue weighted by molar-refractivity contribution is 7.14. The second kappa shape index (κ2) is 8.01. The minimum atomic E-state index is -0.871. The second-order valence-electron chi connectivity index (χ2n) is 7.12. The van der Waals surface area contributed by atoms with Crippen LogP contribution in [0.2, 0.25) is 0 Å². The van der Waals surface area contributed by atoms with Crippen molar-refractivity contribution < 1.29 is 28.9 Å². The van der Waals surface area contributed by atoms with Crippen molar-refractivity contribution in [2.45, 2.75) is 6.04 Å². The molecule has 1 N–H and O–H groups in total. The van der Waals surface area contributed by atoms with E-state index in [1.165, 1.54) is 23.3 Å². The van der Waals surface area contributed by atoms with E-state index in [0.717, 1.165) is 0 Å². The molecule has 1 saturated heterocycles. The molecule has 1 fully saturated rings. The second-order valence-corrected chi connectivity index (χ2v) is 7.99. The van der Waals surface area contributed by atoms with Gasteiger partial charge in [0.15, 0.2) is 16.6 Å². The van der Waals surface area contributed by atoms with Crippen LogP contribution < -0.4 is 19.1 Å². The standard InChI is InChI=1S/C23H18N2O6S/c1-29-15-4-2-3-13(11-15)19-18(21(27)22(28)25(19)23-24-7-10-32-23)20(26)14-5-6-16-17(12-14)31-9-8-30-16/h2-7,10-12,19,26H,8-9H2,1H3/b20-18+. The number of ether oxygens (including phenoxy) is 3.